The molecule has 1 unspecified atom stereocenters. The van der Waals surface area contributed by atoms with Gasteiger partial charge in [-0.25, -0.2) is 0 Å². The van der Waals surface area contributed by atoms with E-state index >= 15 is 0 Å². The Morgan fingerprint density at radius 2 is 1.73 bits per heavy atom. The van der Waals surface area contributed by atoms with E-state index in [0.717, 1.165) is 42.5 Å². The molecule has 1 heterocycles. The Bertz CT molecular complexity index is 702. The van der Waals surface area contributed by atoms with Gasteiger partial charge in [0.2, 0.25) is 0 Å². The van der Waals surface area contributed by atoms with Crippen molar-refractivity contribution in [3.63, 3.8) is 0 Å². The zero-order chi connectivity index (χ0) is 18.6. The van der Waals surface area contributed by atoms with Crippen LogP contribution in [-0.4, -0.2) is 35.7 Å². The average Bonchev–Trinajstić information content (AvgIpc) is 2.63. The number of nitrogens with zero attached hydrogens (tertiary/aromatic N) is 1. The number of likely N-dealkylation sites (tertiary alicyclic amines) is 1. The zero-order valence-corrected chi connectivity index (χ0v) is 16.6. The first-order valence-corrected chi connectivity index (χ1v) is 9.62. The second-order valence-corrected chi connectivity index (χ2v) is 8.38. The molecule has 0 aliphatic carbocycles. The van der Waals surface area contributed by atoms with Gasteiger partial charge in [-0.15, -0.1) is 0 Å². The Labute approximate surface area is 161 Å². The van der Waals surface area contributed by atoms with E-state index in [4.69, 9.17) is 21.1 Å². The fourth-order valence-electron chi connectivity index (χ4n) is 3.46. The fourth-order valence-corrected chi connectivity index (χ4v) is 3.59. The molecule has 1 atom stereocenters. The van der Waals surface area contributed by atoms with Crippen LogP contribution in [0.3, 0.4) is 0 Å². The van der Waals surface area contributed by atoms with Crippen molar-refractivity contribution in [2.24, 2.45) is 0 Å². The van der Waals surface area contributed by atoms with Crippen molar-refractivity contribution < 1.29 is 9.47 Å². The predicted octanol–water partition coefficient (Wildman–Crippen LogP) is 5.43. The zero-order valence-electron chi connectivity index (χ0n) is 15.9. The molecule has 0 bridgehead atoms. The maximum absolute atomic E-state index is 6.34. The van der Waals surface area contributed by atoms with Crippen LogP contribution in [0.5, 0.6) is 11.5 Å². The van der Waals surface area contributed by atoms with E-state index in [1.54, 1.807) is 0 Å². The van der Waals surface area contributed by atoms with Crippen LogP contribution in [0.25, 0.3) is 0 Å². The van der Waals surface area contributed by atoms with Gasteiger partial charge >= 0.3 is 0 Å². The lowest BCUT2D eigenvalue weighted by molar-refractivity contribution is -0.0438. The molecule has 140 valence electrons. The molecule has 1 saturated heterocycles. The van der Waals surface area contributed by atoms with Crippen LogP contribution >= 0.6 is 11.6 Å². The van der Waals surface area contributed by atoms with Crippen molar-refractivity contribution in [3.05, 3.63) is 59.6 Å². The Hall–Kier alpha value is -1.71. The Morgan fingerprint density at radius 3 is 2.42 bits per heavy atom. The predicted molar refractivity (Wildman–Crippen MR) is 107 cm³/mol. The summed E-state index contributed by atoms with van der Waals surface area (Å²) in [4.78, 5) is 2.48. The summed E-state index contributed by atoms with van der Waals surface area (Å²) < 4.78 is 12.4. The van der Waals surface area contributed by atoms with Gasteiger partial charge in [0.25, 0.3) is 0 Å². The minimum atomic E-state index is -0.212. The summed E-state index contributed by atoms with van der Waals surface area (Å²) in [6, 6.07) is 17.6. The first-order valence-electron chi connectivity index (χ1n) is 9.24. The number of ether oxygens (including phenoxy) is 2. The van der Waals surface area contributed by atoms with E-state index < -0.39 is 0 Å². The third kappa shape index (κ3) is 4.93. The minimum Gasteiger partial charge on any atom is -0.492 e. The quantitative estimate of drug-likeness (QED) is 0.673. The van der Waals surface area contributed by atoms with E-state index in [2.05, 4.69) is 25.7 Å². The van der Waals surface area contributed by atoms with Crippen LogP contribution in [-0.2, 0) is 0 Å². The molecule has 0 amide bonds. The maximum atomic E-state index is 6.34. The lowest BCUT2D eigenvalue weighted by Gasteiger charge is -2.47. The molecule has 0 saturated carbocycles. The van der Waals surface area contributed by atoms with Crippen LogP contribution < -0.4 is 9.47 Å². The molecular formula is C22H28ClNO2. The van der Waals surface area contributed by atoms with Gasteiger partial charge in [0.05, 0.1) is 0 Å². The molecular weight excluding hydrogens is 346 g/mol. The van der Waals surface area contributed by atoms with Crippen LogP contribution in [0.4, 0.5) is 0 Å². The molecule has 0 spiro atoms. The Kier molecular flexibility index (Phi) is 5.79. The smallest absolute Gasteiger partial charge is 0.120 e. The summed E-state index contributed by atoms with van der Waals surface area (Å²) in [5.74, 6) is 1.79. The fraction of sp³-hybridized carbons (Fsp3) is 0.455. The lowest BCUT2D eigenvalue weighted by atomic mass is 9.90. The van der Waals surface area contributed by atoms with Gasteiger partial charge in [0, 0.05) is 17.1 Å². The molecule has 1 aliphatic rings. The topological polar surface area (TPSA) is 21.7 Å². The van der Waals surface area contributed by atoms with Crippen LogP contribution in [0.1, 0.15) is 33.6 Å². The number of piperidine rings is 1. The second-order valence-electron chi connectivity index (χ2n) is 7.95. The van der Waals surface area contributed by atoms with Crippen molar-refractivity contribution in [3.8, 4) is 11.5 Å². The normalized spacial score (nSPS) is 21.4. The molecule has 26 heavy (non-hydrogen) atoms. The summed E-state index contributed by atoms with van der Waals surface area (Å²) in [6.07, 6.45) is 2.15. The van der Waals surface area contributed by atoms with E-state index in [-0.39, 0.29) is 11.1 Å². The number of hydrogen-bond acceptors (Lipinski definition) is 3. The first kappa shape index (κ1) is 19.1. The van der Waals surface area contributed by atoms with Crippen molar-refractivity contribution >= 4 is 11.6 Å². The average molecular weight is 374 g/mol. The first-order chi connectivity index (χ1) is 12.4. The molecule has 2 aromatic rings. The monoisotopic (exact) mass is 373 g/mol. The van der Waals surface area contributed by atoms with Crippen LogP contribution in [0.15, 0.2) is 54.6 Å². The lowest BCUT2D eigenvalue weighted by Crippen LogP contribution is -2.58. The van der Waals surface area contributed by atoms with Crippen molar-refractivity contribution in [1.29, 1.82) is 0 Å². The summed E-state index contributed by atoms with van der Waals surface area (Å²) >= 11 is 5.98. The summed E-state index contributed by atoms with van der Waals surface area (Å²) in [5, 5.41) is 0.729. The standard InChI is InChI=1S/C22H28ClNO2/c1-21(2,17-25-19-8-5-4-6-9-19)24-15-7-14-22(3,16-24)26-20-12-10-18(23)11-13-20/h4-6,8-13H,7,14-17H2,1-3H3. The highest BCUT2D eigenvalue weighted by Crippen LogP contribution is 2.31. The molecule has 0 N–H and O–H groups in total. The Balaban J connectivity index is 1.63. The summed E-state index contributed by atoms with van der Waals surface area (Å²) in [5.41, 5.74) is -0.281. The highest BCUT2D eigenvalue weighted by Gasteiger charge is 2.39. The molecule has 0 aromatic heterocycles. The van der Waals surface area contributed by atoms with Crippen molar-refractivity contribution in [2.75, 3.05) is 19.7 Å². The largest absolute Gasteiger partial charge is 0.492 e. The number of para-hydroxylation sites is 1. The number of hydrogen-bond donors (Lipinski definition) is 0. The molecule has 0 radical (unpaired) electrons. The van der Waals surface area contributed by atoms with E-state index in [1.807, 2.05) is 54.6 Å². The van der Waals surface area contributed by atoms with Crippen LogP contribution in [0.2, 0.25) is 5.02 Å². The maximum Gasteiger partial charge on any atom is 0.120 e. The third-order valence-electron chi connectivity index (χ3n) is 5.03. The van der Waals surface area contributed by atoms with Gasteiger partial charge in [0.1, 0.15) is 23.7 Å². The van der Waals surface area contributed by atoms with E-state index in [9.17, 15) is 0 Å². The Morgan fingerprint density at radius 1 is 1.04 bits per heavy atom. The number of rotatable bonds is 6. The van der Waals surface area contributed by atoms with Gasteiger partial charge in [-0.05, 0) is 76.6 Å². The molecule has 4 heteroatoms. The minimum absolute atomic E-state index is 0.0686. The van der Waals surface area contributed by atoms with E-state index in [1.165, 1.54) is 0 Å². The van der Waals surface area contributed by atoms with E-state index in [0.29, 0.717) is 6.61 Å². The van der Waals surface area contributed by atoms with Gasteiger partial charge in [-0.2, -0.15) is 0 Å². The van der Waals surface area contributed by atoms with Gasteiger partial charge in [-0.1, -0.05) is 29.8 Å². The molecule has 3 nitrogen and oxygen atoms in total. The van der Waals surface area contributed by atoms with Gasteiger partial charge in [-0.3, -0.25) is 4.90 Å². The highest BCUT2D eigenvalue weighted by atomic mass is 35.5. The second kappa shape index (κ2) is 7.89. The number of benzene rings is 2. The molecule has 2 aromatic carbocycles. The molecule has 3 rings (SSSR count). The highest BCUT2D eigenvalue weighted by molar-refractivity contribution is 6.30. The van der Waals surface area contributed by atoms with Crippen molar-refractivity contribution in [2.45, 2.75) is 44.8 Å². The van der Waals surface area contributed by atoms with Crippen LogP contribution in [0, 0.1) is 0 Å². The molecule has 1 fully saturated rings. The third-order valence-corrected chi connectivity index (χ3v) is 5.28. The summed E-state index contributed by atoms with van der Waals surface area (Å²) in [7, 11) is 0. The van der Waals surface area contributed by atoms with Gasteiger partial charge in [0.15, 0.2) is 0 Å². The van der Waals surface area contributed by atoms with Crippen molar-refractivity contribution in [1.82, 2.24) is 4.90 Å². The number of halogens is 1. The SMILES string of the molecule is CC1(Oc2ccc(Cl)cc2)CCCN(C(C)(C)COc2ccccc2)C1. The summed E-state index contributed by atoms with van der Waals surface area (Å²) in [6.45, 7) is 9.26. The molecule has 1 aliphatic heterocycles. The van der Waals surface area contributed by atoms with Gasteiger partial charge < -0.3 is 9.47 Å².